The number of primary sulfonamides is 1. The molecule has 3 rings (SSSR count). The first-order valence-electron chi connectivity index (χ1n) is 9.11. The first-order valence-corrected chi connectivity index (χ1v) is 11.0. The lowest BCUT2D eigenvalue weighted by atomic mass is 9.98. The van der Waals surface area contributed by atoms with E-state index in [9.17, 15) is 13.2 Å². The number of carbonyl (C=O) groups is 1. The maximum atomic E-state index is 12.5. The fraction of sp³-hybridized carbons (Fsp3) is 0.350. The van der Waals surface area contributed by atoms with Crippen molar-refractivity contribution in [3.63, 3.8) is 0 Å². The fourth-order valence-electron chi connectivity index (χ4n) is 3.47. The zero-order valence-electron chi connectivity index (χ0n) is 15.9. The molecule has 0 radical (unpaired) electrons. The molecule has 0 saturated carbocycles. The lowest BCUT2D eigenvalue weighted by molar-refractivity contribution is -0.115. The molecule has 8 heteroatoms. The van der Waals surface area contributed by atoms with E-state index in [-0.39, 0.29) is 17.2 Å². The average Bonchev–Trinajstić information content (AvgIpc) is 2.61. The summed E-state index contributed by atoms with van der Waals surface area (Å²) in [5, 5.41) is 8.75. The van der Waals surface area contributed by atoms with E-state index in [1.165, 1.54) is 6.07 Å². The Hall–Kier alpha value is -1.93. The highest BCUT2D eigenvalue weighted by Crippen LogP contribution is 2.30. The predicted molar refractivity (Wildman–Crippen MR) is 111 cm³/mol. The molecule has 0 spiro atoms. The summed E-state index contributed by atoms with van der Waals surface area (Å²) in [7, 11) is -3.90. The molecular formula is C20H24ClN3O3S. The van der Waals surface area contributed by atoms with Gasteiger partial charge in [0.2, 0.25) is 15.9 Å². The summed E-state index contributed by atoms with van der Waals surface area (Å²) in [4.78, 5) is 14.8. The van der Waals surface area contributed by atoms with Crippen LogP contribution in [0.2, 0.25) is 5.02 Å². The molecule has 0 fully saturated rings. The normalized spacial score (nSPS) is 14.8. The molecule has 28 heavy (non-hydrogen) atoms. The van der Waals surface area contributed by atoms with Crippen LogP contribution >= 0.6 is 11.6 Å². The standard InChI is InChI=1S/C20H24ClN3O3S/c1-13(2)24-8-7-17-15(12-24)9-16(11-19(17)28(22,26)27)23-20(25)10-14-5-3-4-6-18(14)21/h3-6,9,11,13H,7-8,10,12H2,1-2H3,(H,23,25)(H2,22,26,27). The van der Waals surface area contributed by atoms with Crippen LogP contribution in [0.5, 0.6) is 0 Å². The van der Waals surface area contributed by atoms with Gasteiger partial charge in [0.1, 0.15) is 0 Å². The van der Waals surface area contributed by atoms with Gasteiger partial charge in [-0.25, -0.2) is 13.6 Å². The largest absolute Gasteiger partial charge is 0.326 e. The molecule has 2 aromatic carbocycles. The third-order valence-electron chi connectivity index (χ3n) is 4.95. The SMILES string of the molecule is CC(C)N1CCc2c(cc(NC(=O)Cc3ccccc3Cl)cc2S(N)(=O)=O)C1. The van der Waals surface area contributed by atoms with Gasteiger partial charge in [0.05, 0.1) is 11.3 Å². The Labute approximate surface area is 170 Å². The number of nitrogens with one attached hydrogen (secondary N) is 1. The number of anilines is 1. The molecule has 0 aromatic heterocycles. The Kier molecular flexibility index (Phi) is 6.09. The summed E-state index contributed by atoms with van der Waals surface area (Å²) in [6, 6.07) is 10.7. The third kappa shape index (κ3) is 4.72. The maximum absolute atomic E-state index is 12.5. The van der Waals surface area contributed by atoms with E-state index in [4.69, 9.17) is 16.7 Å². The number of hydrogen-bond acceptors (Lipinski definition) is 4. The molecule has 0 aliphatic carbocycles. The minimum Gasteiger partial charge on any atom is -0.326 e. The van der Waals surface area contributed by atoms with E-state index in [1.54, 1.807) is 18.2 Å². The number of rotatable bonds is 5. The Bertz CT molecular complexity index is 1010. The van der Waals surface area contributed by atoms with Crippen LogP contribution in [0.4, 0.5) is 5.69 Å². The molecule has 0 bridgehead atoms. The highest BCUT2D eigenvalue weighted by molar-refractivity contribution is 7.89. The van der Waals surface area contributed by atoms with Gasteiger partial charge in [-0.3, -0.25) is 9.69 Å². The van der Waals surface area contributed by atoms with E-state index in [2.05, 4.69) is 24.1 Å². The molecule has 1 heterocycles. The summed E-state index contributed by atoms with van der Waals surface area (Å²) >= 11 is 6.12. The van der Waals surface area contributed by atoms with Gasteiger partial charge in [0.25, 0.3) is 0 Å². The van der Waals surface area contributed by atoms with Crippen LogP contribution in [-0.2, 0) is 34.2 Å². The molecule has 150 valence electrons. The van der Waals surface area contributed by atoms with Gasteiger partial charge in [-0.1, -0.05) is 29.8 Å². The van der Waals surface area contributed by atoms with Gasteiger partial charge < -0.3 is 5.32 Å². The van der Waals surface area contributed by atoms with Crippen molar-refractivity contribution in [2.24, 2.45) is 5.14 Å². The first kappa shape index (κ1) is 20.8. The predicted octanol–water partition coefficient (Wildman–Crippen LogP) is 2.94. The van der Waals surface area contributed by atoms with E-state index in [0.717, 1.165) is 17.7 Å². The highest BCUT2D eigenvalue weighted by Gasteiger charge is 2.25. The summed E-state index contributed by atoms with van der Waals surface area (Å²) in [5.41, 5.74) is 2.74. The van der Waals surface area contributed by atoms with Gasteiger partial charge in [-0.15, -0.1) is 0 Å². The summed E-state index contributed by atoms with van der Waals surface area (Å²) in [5.74, 6) is -0.273. The van der Waals surface area contributed by atoms with Crippen LogP contribution in [0.1, 0.15) is 30.5 Å². The number of sulfonamides is 1. The number of nitrogens with zero attached hydrogens (tertiary/aromatic N) is 1. The minimum atomic E-state index is -3.90. The van der Waals surface area contributed by atoms with Gasteiger partial charge >= 0.3 is 0 Å². The molecule has 2 aromatic rings. The topological polar surface area (TPSA) is 92.5 Å². The summed E-state index contributed by atoms with van der Waals surface area (Å²) in [6.45, 7) is 5.58. The Morgan fingerprint density at radius 1 is 1.29 bits per heavy atom. The van der Waals surface area contributed by atoms with Crippen LogP contribution in [-0.4, -0.2) is 31.8 Å². The van der Waals surface area contributed by atoms with E-state index in [1.807, 2.05) is 12.1 Å². The second-order valence-corrected chi connectivity index (χ2v) is 9.22. The lowest BCUT2D eigenvalue weighted by Crippen LogP contribution is -2.36. The number of benzene rings is 2. The number of nitrogens with two attached hydrogens (primary N) is 1. The van der Waals surface area contributed by atoms with Crippen LogP contribution < -0.4 is 10.5 Å². The smallest absolute Gasteiger partial charge is 0.238 e. The monoisotopic (exact) mass is 421 g/mol. The fourth-order valence-corrected chi connectivity index (χ4v) is 4.54. The second-order valence-electron chi connectivity index (χ2n) is 7.29. The van der Waals surface area contributed by atoms with Crippen LogP contribution in [0, 0.1) is 0 Å². The van der Waals surface area contributed by atoms with Gasteiger partial charge in [0.15, 0.2) is 0 Å². The summed E-state index contributed by atoms with van der Waals surface area (Å²) < 4.78 is 24.3. The molecule has 6 nitrogen and oxygen atoms in total. The highest BCUT2D eigenvalue weighted by atomic mass is 35.5. The van der Waals surface area contributed by atoms with E-state index >= 15 is 0 Å². The molecule has 1 aliphatic rings. The molecule has 0 atom stereocenters. The quantitative estimate of drug-likeness (QED) is 0.776. The Morgan fingerprint density at radius 2 is 2.00 bits per heavy atom. The third-order valence-corrected chi connectivity index (χ3v) is 6.30. The maximum Gasteiger partial charge on any atom is 0.238 e. The van der Waals surface area contributed by atoms with Crippen molar-refractivity contribution in [1.29, 1.82) is 0 Å². The number of amides is 1. The van der Waals surface area contributed by atoms with Crippen LogP contribution in [0.15, 0.2) is 41.3 Å². The first-order chi connectivity index (χ1) is 13.1. The van der Waals surface area contributed by atoms with Crippen molar-refractivity contribution < 1.29 is 13.2 Å². The molecule has 0 unspecified atom stereocenters. The zero-order chi connectivity index (χ0) is 20.5. The second kappa shape index (κ2) is 8.21. The van der Waals surface area contributed by atoms with Crippen molar-refractivity contribution in [2.75, 3.05) is 11.9 Å². The molecule has 1 aliphatic heterocycles. The van der Waals surface area contributed by atoms with Crippen molar-refractivity contribution in [2.45, 2.75) is 44.2 Å². The molecule has 1 amide bonds. The zero-order valence-corrected chi connectivity index (χ0v) is 17.5. The average molecular weight is 422 g/mol. The van der Waals surface area contributed by atoms with Crippen LogP contribution in [0.3, 0.4) is 0 Å². The van der Waals surface area contributed by atoms with Crippen molar-refractivity contribution >= 4 is 33.2 Å². The van der Waals surface area contributed by atoms with Crippen molar-refractivity contribution in [3.8, 4) is 0 Å². The van der Waals surface area contributed by atoms with Crippen molar-refractivity contribution in [1.82, 2.24) is 4.90 Å². The number of hydrogen-bond donors (Lipinski definition) is 2. The number of carbonyl (C=O) groups excluding carboxylic acids is 1. The molecule has 0 saturated heterocycles. The Morgan fingerprint density at radius 3 is 2.64 bits per heavy atom. The van der Waals surface area contributed by atoms with Gasteiger partial charge in [-0.2, -0.15) is 0 Å². The Balaban J connectivity index is 1.90. The van der Waals surface area contributed by atoms with E-state index < -0.39 is 10.0 Å². The number of halogens is 1. The van der Waals surface area contributed by atoms with Crippen molar-refractivity contribution in [3.05, 3.63) is 58.1 Å². The molecular weight excluding hydrogens is 398 g/mol. The minimum absolute atomic E-state index is 0.0847. The molecule has 3 N–H and O–H groups in total. The van der Waals surface area contributed by atoms with E-state index in [0.29, 0.717) is 35.3 Å². The number of fused-ring (bicyclic) bond motifs is 1. The van der Waals surface area contributed by atoms with Gasteiger partial charge in [-0.05, 0) is 55.2 Å². The van der Waals surface area contributed by atoms with Crippen LogP contribution in [0.25, 0.3) is 0 Å². The summed E-state index contributed by atoms with van der Waals surface area (Å²) in [6.07, 6.45) is 0.701. The lowest BCUT2D eigenvalue weighted by Gasteiger charge is -2.33. The van der Waals surface area contributed by atoms with Gasteiger partial charge in [0, 0.05) is 29.8 Å².